The minimum Gasteiger partial charge on any atom is -0.330 e. The van der Waals surface area contributed by atoms with Crippen molar-refractivity contribution in [3.63, 3.8) is 0 Å². The predicted octanol–water partition coefficient (Wildman–Crippen LogP) is 4.94. The third-order valence-electron chi connectivity index (χ3n) is 4.63. The Labute approximate surface area is 172 Å². The SMILES string of the molecule is C#CC[C@H](NC(=O)Nc1cccc(Cn2ccnc2C(C)C)c1)c1ccccc1. The van der Waals surface area contributed by atoms with Crippen molar-refractivity contribution in [2.75, 3.05) is 5.32 Å². The summed E-state index contributed by atoms with van der Waals surface area (Å²) in [6, 6.07) is 17.0. The summed E-state index contributed by atoms with van der Waals surface area (Å²) in [6.45, 7) is 4.95. The van der Waals surface area contributed by atoms with Gasteiger partial charge in [0.1, 0.15) is 5.82 Å². The van der Waals surface area contributed by atoms with Gasteiger partial charge in [-0.3, -0.25) is 0 Å². The molecule has 0 saturated carbocycles. The van der Waals surface area contributed by atoms with Crippen molar-refractivity contribution in [3.8, 4) is 12.3 Å². The molecule has 5 heteroatoms. The van der Waals surface area contributed by atoms with Crippen LogP contribution in [0.25, 0.3) is 0 Å². The Morgan fingerprint density at radius 1 is 1.17 bits per heavy atom. The number of terminal acetylenes is 1. The lowest BCUT2D eigenvalue weighted by Gasteiger charge is -2.18. The van der Waals surface area contributed by atoms with Crippen molar-refractivity contribution < 1.29 is 4.79 Å². The molecule has 1 heterocycles. The summed E-state index contributed by atoms with van der Waals surface area (Å²) in [4.78, 5) is 17.0. The van der Waals surface area contributed by atoms with Crippen LogP contribution in [0.1, 0.15) is 49.2 Å². The van der Waals surface area contributed by atoms with Crippen LogP contribution in [0.15, 0.2) is 67.0 Å². The van der Waals surface area contributed by atoms with Gasteiger partial charge in [0.2, 0.25) is 0 Å². The molecule has 5 nitrogen and oxygen atoms in total. The molecule has 0 spiro atoms. The molecule has 0 bridgehead atoms. The van der Waals surface area contributed by atoms with Crippen molar-refractivity contribution in [2.45, 2.75) is 38.8 Å². The van der Waals surface area contributed by atoms with Gasteiger partial charge in [-0.15, -0.1) is 12.3 Å². The molecule has 148 valence electrons. The molecule has 2 amide bonds. The van der Waals surface area contributed by atoms with Crippen LogP contribution in [-0.4, -0.2) is 15.6 Å². The van der Waals surface area contributed by atoms with Crippen molar-refractivity contribution >= 4 is 11.7 Å². The Bertz CT molecular complexity index is 985. The lowest BCUT2D eigenvalue weighted by molar-refractivity contribution is 0.248. The van der Waals surface area contributed by atoms with Gasteiger partial charge in [0, 0.05) is 37.0 Å². The summed E-state index contributed by atoms with van der Waals surface area (Å²) in [5, 5.41) is 5.88. The highest BCUT2D eigenvalue weighted by atomic mass is 16.2. The summed E-state index contributed by atoms with van der Waals surface area (Å²) in [7, 11) is 0. The van der Waals surface area contributed by atoms with E-state index in [1.807, 2.05) is 67.0 Å². The van der Waals surface area contributed by atoms with Crippen LogP contribution < -0.4 is 10.6 Å². The minimum atomic E-state index is -0.281. The number of hydrogen-bond acceptors (Lipinski definition) is 2. The van der Waals surface area contributed by atoms with E-state index in [1.165, 1.54) is 0 Å². The van der Waals surface area contributed by atoms with Crippen molar-refractivity contribution in [1.29, 1.82) is 0 Å². The third-order valence-corrected chi connectivity index (χ3v) is 4.63. The smallest absolute Gasteiger partial charge is 0.319 e. The summed E-state index contributed by atoms with van der Waals surface area (Å²) < 4.78 is 2.13. The number of urea groups is 1. The quantitative estimate of drug-likeness (QED) is 0.565. The fourth-order valence-corrected chi connectivity index (χ4v) is 3.28. The number of benzene rings is 2. The van der Waals surface area contributed by atoms with Gasteiger partial charge in [0.25, 0.3) is 0 Å². The van der Waals surface area contributed by atoms with Gasteiger partial charge in [-0.1, -0.05) is 56.3 Å². The Balaban J connectivity index is 1.67. The van der Waals surface area contributed by atoms with E-state index >= 15 is 0 Å². The zero-order valence-corrected chi connectivity index (χ0v) is 16.8. The van der Waals surface area contributed by atoms with E-state index in [-0.39, 0.29) is 12.1 Å². The van der Waals surface area contributed by atoms with Gasteiger partial charge in [0.15, 0.2) is 0 Å². The van der Waals surface area contributed by atoms with Crippen LogP contribution in [0.2, 0.25) is 0 Å². The number of aromatic nitrogens is 2. The first-order chi connectivity index (χ1) is 14.1. The fraction of sp³-hybridized carbons (Fsp3) is 0.250. The van der Waals surface area contributed by atoms with E-state index in [9.17, 15) is 4.79 Å². The molecule has 0 fully saturated rings. The average molecular weight is 386 g/mol. The number of nitrogens with one attached hydrogen (secondary N) is 2. The van der Waals surface area contributed by atoms with Gasteiger partial charge in [-0.05, 0) is 23.3 Å². The average Bonchev–Trinajstić information content (AvgIpc) is 3.17. The van der Waals surface area contributed by atoms with Crippen molar-refractivity contribution in [1.82, 2.24) is 14.9 Å². The molecule has 3 rings (SSSR count). The number of rotatable bonds is 7. The number of nitrogens with zero attached hydrogens (tertiary/aromatic N) is 2. The van der Waals surface area contributed by atoms with Crippen LogP contribution in [-0.2, 0) is 6.54 Å². The minimum absolute atomic E-state index is 0.232. The Hall–Kier alpha value is -3.52. The molecule has 29 heavy (non-hydrogen) atoms. The Kier molecular flexibility index (Phi) is 6.70. The van der Waals surface area contributed by atoms with Crippen molar-refractivity contribution in [3.05, 3.63) is 83.9 Å². The first kappa shape index (κ1) is 20.2. The second-order valence-corrected chi connectivity index (χ2v) is 7.24. The fourth-order valence-electron chi connectivity index (χ4n) is 3.28. The number of amides is 2. The Morgan fingerprint density at radius 2 is 1.97 bits per heavy atom. The summed E-state index contributed by atoms with van der Waals surface area (Å²) >= 11 is 0. The molecule has 0 saturated heterocycles. The van der Waals surface area contributed by atoms with Gasteiger partial charge in [-0.2, -0.15) is 0 Å². The maximum atomic E-state index is 12.5. The second kappa shape index (κ2) is 9.61. The largest absolute Gasteiger partial charge is 0.330 e. The van der Waals surface area contributed by atoms with E-state index in [1.54, 1.807) is 0 Å². The maximum Gasteiger partial charge on any atom is 0.319 e. The zero-order chi connectivity index (χ0) is 20.6. The molecule has 0 aliphatic heterocycles. The lowest BCUT2D eigenvalue weighted by Crippen LogP contribution is -2.32. The first-order valence-corrected chi connectivity index (χ1v) is 9.72. The summed E-state index contributed by atoms with van der Waals surface area (Å²) in [6.07, 6.45) is 9.71. The van der Waals surface area contributed by atoms with E-state index in [0.717, 1.165) is 22.6 Å². The highest BCUT2D eigenvalue weighted by molar-refractivity contribution is 5.89. The van der Waals surface area contributed by atoms with Crippen LogP contribution in [0.3, 0.4) is 0 Å². The van der Waals surface area contributed by atoms with Gasteiger partial charge in [0.05, 0.1) is 6.04 Å². The zero-order valence-electron chi connectivity index (χ0n) is 16.8. The normalized spacial score (nSPS) is 11.7. The molecule has 2 aromatic carbocycles. The van der Waals surface area contributed by atoms with E-state index in [0.29, 0.717) is 18.9 Å². The van der Waals surface area contributed by atoms with Gasteiger partial charge >= 0.3 is 6.03 Å². The molecule has 0 aliphatic carbocycles. The second-order valence-electron chi connectivity index (χ2n) is 7.24. The molecule has 1 atom stereocenters. The van der Waals surface area contributed by atoms with Crippen LogP contribution in [0, 0.1) is 12.3 Å². The summed E-state index contributed by atoms with van der Waals surface area (Å²) in [5.74, 6) is 4.03. The van der Waals surface area contributed by atoms with Gasteiger partial charge in [-0.25, -0.2) is 9.78 Å². The molecule has 0 aliphatic rings. The third kappa shape index (κ3) is 5.49. The van der Waals surface area contributed by atoms with E-state index in [2.05, 4.69) is 40.0 Å². The molecule has 1 aromatic heterocycles. The van der Waals surface area contributed by atoms with Crippen LogP contribution >= 0.6 is 0 Å². The number of anilines is 1. The molecule has 2 N–H and O–H groups in total. The molecule has 3 aromatic rings. The topological polar surface area (TPSA) is 59.0 Å². The van der Waals surface area contributed by atoms with Crippen molar-refractivity contribution in [2.24, 2.45) is 0 Å². The van der Waals surface area contributed by atoms with E-state index in [4.69, 9.17) is 6.42 Å². The lowest BCUT2D eigenvalue weighted by atomic mass is 10.0. The Morgan fingerprint density at radius 3 is 2.69 bits per heavy atom. The number of carbonyl (C=O) groups is 1. The van der Waals surface area contributed by atoms with Crippen LogP contribution in [0.5, 0.6) is 0 Å². The number of carbonyl (C=O) groups excluding carboxylic acids is 1. The van der Waals surface area contributed by atoms with E-state index < -0.39 is 0 Å². The maximum absolute atomic E-state index is 12.5. The molecule has 0 unspecified atom stereocenters. The highest BCUT2D eigenvalue weighted by Gasteiger charge is 2.14. The number of imidazole rings is 1. The standard InChI is InChI=1S/C24H26N4O/c1-4-9-22(20-11-6-5-7-12-20)27-24(29)26-21-13-8-10-19(16-21)17-28-15-14-25-23(28)18(2)3/h1,5-8,10-16,18,22H,9,17H2,2-3H3,(H2,26,27,29)/t22-/m0/s1. The monoisotopic (exact) mass is 386 g/mol. The first-order valence-electron chi connectivity index (χ1n) is 9.72. The summed E-state index contributed by atoms with van der Waals surface area (Å²) in [5.41, 5.74) is 2.81. The predicted molar refractivity (Wildman–Crippen MR) is 117 cm³/mol. The molecule has 0 radical (unpaired) electrons. The highest BCUT2D eigenvalue weighted by Crippen LogP contribution is 2.18. The molecular weight excluding hydrogens is 360 g/mol. The number of hydrogen-bond donors (Lipinski definition) is 2. The van der Waals surface area contributed by atoms with Gasteiger partial charge < -0.3 is 15.2 Å². The molecular formula is C24H26N4O. The van der Waals surface area contributed by atoms with Crippen LogP contribution in [0.4, 0.5) is 10.5 Å².